The Hall–Kier alpha value is -0.120. The Balaban J connectivity index is 4.39. The summed E-state index contributed by atoms with van der Waals surface area (Å²) >= 11 is 0. The Bertz CT molecular complexity index is 239. The number of nitrogens with two attached hydrogens (primary N) is 2. The van der Waals surface area contributed by atoms with E-state index in [0.29, 0.717) is 23.4 Å². The highest BCUT2D eigenvalue weighted by molar-refractivity contribution is 4.80. The standard InChI is InChI=1S/C17H39N3/c1-8-15(12-16(18)19)17(6,7)10-9-11-20(13(2)3)14(4)5/h13-16H,8-12,18-19H2,1-7H3/i20+1. The van der Waals surface area contributed by atoms with Gasteiger partial charge in [0, 0.05) is 12.1 Å². The third-order valence-corrected chi connectivity index (χ3v) is 4.72. The number of hydrogen-bond acceptors (Lipinski definition) is 3. The van der Waals surface area contributed by atoms with Gasteiger partial charge in [-0.2, -0.15) is 0 Å². The fourth-order valence-corrected chi connectivity index (χ4v) is 3.40. The van der Waals surface area contributed by atoms with E-state index in [4.69, 9.17) is 11.5 Å². The summed E-state index contributed by atoms with van der Waals surface area (Å²) in [7, 11) is 0. The second-order valence-corrected chi connectivity index (χ2v) is 7.52. The molecule has 3 nitrogen and oxygen atoms in total. The van der Waals surface area contributed by atoms with E-state index in [1.807, 2.05) is 0 Å². The van der Waals surface area contributed by atoms with Crippen molar-refractivity contribution in [2.45, 2.75) is 92.4 Å². The molecule has 0 aromatic carbocycles. The van der Waals surface area contributed by atoms with Crippen LogP contribution in [0.3, 0.4) is 0 Å². The van der Waals surface area contributed by atoms with Crippen LogP contribution in [0.4, 0.5) is 0 Å². The zero-order chi connectivity index (χ0) is 15.9. The van der Waals surface area contributed by atoms with Crippen molar-refractivity contribution in [2.24, 2.45) is 22.8 Å². The topological polar surface area (TPSA) is 55.3 Å². The van der Waals surface area contributed by atoms with Crippen LogP contribution >= 0.6 is 0 Å². The Morgan fingerprint density at radius 3 is 1.85 bits per heavy atom. The van der Waals surface area contributed by atoms with Crippen LogP contribution in [-0.4, -0.2) is 29.7 Å². The minimum absolute atomic E-state index is 0.179. The Kier molecular flexibility index (Phi) is 8.96. The van der Waals surface area contributed by atoms with E-state index < -0.39 is 0 Å². The fraction of sp³-hybridized carbons (Fsp3) is 1.00. The van der Waals surface area contributed by atoms with Crippen LogP contribution in [0.2, 0.25) is 0 Å². The molecule has 1 unspecified atom stereocenters. The lowest BCUT2D eigenvalue weighted by molar-refractivity contribution is 0.132. The number of rotatable bonds is 10. The Labute approximate surface area is 127 Å². The minimum Gasteiger partial charge on any atom is -0.316 e. The molecule has 0 aliphatic heterocycles. The lowest BCUT2D eigenvalue weighted by atomic mass is 9.72. The van der Waals surface area contributed by atoms with Gasteiger partial charge in [-0.15, -0.1) is 0 Å². The summed E-state index contributed by atoms with van der Waals surface area (Å²) in [6.45, 7) is 17.3. The molecule has 0 radical (unpaired) electrons. The van der Waals surface area contributed by atoms with Gasteiger partial charge in [0.25, 0.3) is 0 Å². The van der Waals surface area contributed by atoms with Crippen molar-refractivity contribution >= 4 is 0 Å². The third-order valence-electron chi connectivity index (χ3n) is 4.72. The van der Waals surface area contributed by atoms with Gasteiger partial charge in [-0.25, -0.2) is 0 Å². The SMILES string of the molecule is CCC(CC(N)N)C(C)(C)CCC[15N](C(C)C)C(C)C. The minimum atomic E-state index is -0.179. The van der Waals surface area contributed by atoms with Crippen LogP contribution in [-0.2, 0) is 0 Å². The molecule has 0 amide bonds. The van der Waals surface area contributed by atoms with Crippen LogP contribution in [0.25, 0.3) is 0 Å². The van der Waals surface area contributed by atoms with Crippen molar-refractivity contribution in [3.63, 3.8) is 0 Å². The molecule has 1 atom stereocenters. The van der Waals surface area contributed by atoms with E-state index in [1.54, 1.807) is 0 Å². The monoisotopic (exact) mass is 286 g/mol. The van der Waals surface area contributed by atoms with E-state index >= 15 is 0 Å². The predicted octanol–water partition coefficient (Wildman–Crippen LogP) is 3.57. The molecule has 0 fully saturated rings. The fourth-order valence-electron chi connectivity index (χ4n) is 3.40. The van der Waals surface area contributed by atoms with E-state index in [2.05, 4.69) is 53.4 Å². The smallest absolute Gasteiger partial charge is 0.0523 e. The summed E-state index contributed by atoms with van der Waals surface area (Å²) in [6.07, 6.45) is 4.41. The molecule has 0 aromatic heterocycles. The second-order valence-electron chi connectivity index (χ2n) is 7.52. The van der Waals surface area contributed by atoms with Gasteiger partial charge < -0.3 is 11.5 Å². The second kappa shape index (κ2) is 9.01. The maximum absolute atomic E-state index is 5.79. The molecular weight excluding hydrogens is 247 g/mol. The van der Waals surface area contributed by atoms with Gasteiger partial charge in [-0.05, 0) is 64.8 Å². The highest BCUT2D eigenvalue weighted by Gasteiger charge is 2.28. The van der Waals surface area contributed by atoms with Crippen LogP contribution in [0.15, 0.2) is 0 Å². The summed E-state index contributed by atoms with van der Waals surface area (Å²) in [5, 5.41) is 0. The van der Waals surface area contributed by atoms with E-state index in [-0.39, 0.29) is 6.17 Å². The van der Waals surface area contributed by atoms with Crippen LogP contribution in [0.5, 0.6) is 0 Å². The molecule has 0 bridgehead atoms. The first-order chi connectivity index (χ1) is 9.11. The number of nitrogens with zero attached hydrogens (tertiary/aromatic N) is 1. The van der Waals surface area contributed by atoms with Gasteiger partial charge in [0.05, 0.1) is 6.17 Å². The highest BCUT2D eigenvalue weighted by atomic mass is 15.9. The molecule has 0 saturated carbocycles. The predicted molar refractivity (Wildman–Crippen MR) is 90.6 cm³/mol. The maximum Gasteiger partial charge on any atom is 0.0523 e. The van der Waals surface area contributed by atoms with Gasteiger partial charge in [0.1, 0.15) is 0 Å². The van der Waals surface area contributed by atoms with Gasteiger partial charge in [0.2, 0.25) is 0 Å². The van der Waals surface area contributed by atoms with Crippen molar-refractivity contribution < 1.29 is 0 Å². The molecule has 0 aliphatic carbocycles. The van der Waals surface area contributed by atoms with Gasteiger partial charge >= 0.3 is 0 Å². The van der Waals surface area contributed by atoms with E-state index in [1.165, 1.54) is 19.4 Å². The molecular formula is C17H39N3. The molecule has 0 spiro atoms. The summed E-state index contributed by atoms with van der Waals surface area (Å²) < 4.78 is 0. The summed E-state index contributed by atoms with van der Waals surface area (Å²) in [5.74, 6) is 0.619. The third kappa shape index (κ3) is 7.05. The molecule has 0 aromatic rings. The van der Waals surface area contributed by atoms with Crippen LogP contribution in [0.1, 0.15) is 74.1 Å². The molecule has 4 N–H and O–H groups in total. The largest absolute Gasteiger partial charge is 0.316 e. The highest BCUT2D eigenvalue weighted by Crippen LogP contribution is 2.36. The first-order valence-electron chi connectivity index (χ1n) is 8.38. The van der Waals surface area contributed by atoms with Crippen molar-refractivity contribution in [3.8, 4) is 0 Å². The summed E-state index contributed by atoms with van der Waals surface area (Å²) in [4.78, 5) is 2.58. The van der Waals surface area contributed by atoms with Crippen LogP contribution < -0.4 is 11.5 Å². The molecule has 20 heavy (non-hydrogen) atoms. The summed E-state index contributed by atoms with van der Waals surface area (Å²) in [5.41, 5.74) is 11.9. The van der Waals surface area contributed by atoms with Gasteiger partial charge in [0.15, 0.2) is 0 Å². The van der Waals surface area contributed by atoms with Crippen molar-refractivity contribution in [2.75, 3.05) is 6.54 Å². The van der Waals surface area contributed by atoms with Crippen molar-refractivity contribution in [3.05, 3.63) is 0 Å². The summed E-state index contributed by atoms with van der Waals surface area (Å²) in [6, 6.07) is 1.25. The lowest BCUT2D eigenvalue weighted by Crippen LogP contribution is -2.39. The lowest BCUT2D eigenvalue weighted by Gasteiger charge is -2.37. The van der Waals surface area contributed by atoms with Crippen molar-refractivity contribution in [1.82, 2.24) is 4.90 Å². The zero-order valence-corrected chi connectivity index (χ0v) is 14.9. The number of hydrogen-bond donors (Lipinski definition) is 2. The van der Waals surface area contributed by atoms with Crippen LogP contribution in [0, 0.1) is 11.3 Å². The van der Waals surface area contributed by atoms with Crippen molar-refractivity contribution in [1.29, 1.82) is 0 Å². The quantitative estimate of drug-likeness (QED) is 0.477. The Morgan fingerprint density at radius 1 is 1.00 bits per heavy atom. The molecule has 0 rings (SSSR count). The maximum atomic E-state index is 5.79. The van der Waals surface area contributed by atoms with E-state index in [0.717, 1.165) is 12.8 Å². The van der Waals surface area contributed by atoms with E-state index in [9.17, 15) is 0 Å². The Morgan fingerprint density at radius 2 is 1.50 bits per heavy atom. The molecule has 122 valence electrons. The average molecular weight is 287 g/mol. The normalized spacial score (nSPS) is 14.8. The molecule has 0 saturated heterocycles. The zero-order valence-electron chi connectivity index (χ0n) is 14.9. The molecule has 0 heterocycles. The molecule has 3 heteroatoms. The molecule has 0 aliphatic rings. The van der Waals surface area contributed by atoms with Gasteiger partial charge in [-0.1, -0.05) is 27.2 Å². The van der Waals surface area contributed by atoms with Gasteiger partial charge in [-0.3, -0.25) is 4.90 Å². The first kappa shape index (κ1) is 19.9. The average Bonchev–Trinajstić information content (AvgIpc) is 2.30. The first-order valence-corrected chi connectivity index (χ1v) is 8.38.